The normalized spacial score (nSPS) is 9.68. The van der Waals surface area contributed by atoms with Crippen LogP contribution in [0.3, 0.4) is 0 Å². The maximum Gasteiger partial charge on any atom is 0.300 e. The van der Waals surface area contributed by atoms with Gasteiger partial charge in [-0.3, -0.25) is 5.73 Å². The summed E-state index contributed by atoms with van der Waals surface area (Å²) < 4.78 is 11.0. The lowest BCUT2D eigenvalue weighted by Crippen LogP contribution is -2.18. The molecule has 3 N–H and O–H groups in total. The van der Waals surface area contributed by atoms with E-state index in [1.807, 2.05) is 6.07 Å². The van der Waals surface area contributed by atoms with Gasteiger partial charge in [0.1, 0.15) is 23.5 Å². The summed E-state index contributed by atoms with van der Waals surface area (Å²) >= 11 is 3.39. The molecule has 0 aliphatic heterocycles. The number of hydrogen-bond donors (Lipinski definition) is 1. The lowest BCUT2D eigenvalue weighted by atomic mass is 9.96. The van der Waals surface area contributed by atoms with Crippen molar-refractivity contribution in [1.29, 1.82) is 10.5 Å². The molecule has 2 rings (SSSR count). The molecule has 0 saturated carbocycles. The molecule has 0 fully saturated rings. The van der Waals surface area contributed by atoms with E-state index in [0.29, 0.717) is 21.3 Å². The van der Waals surface area contributed by atoms with Crippen LogP contribution >= 0.6 is 15.9 Å². The summed E-state index contributed by atoms with van der Waals surface area (Å²) in [5.74, 6) is 0.990. The molecule has 1 heterocycles. The van der Waals surface area contributed by atoms with Crippen LogP contribution in [0.1, 0.15) is 11.1 Å². The smallest absolute Gasteiger partial charge is 0.300 e. The van der Waals surface area contributed by atoms with Gasteiger partial charge in [0.05, 0.1) is 18.7 Å². The Morgan fingerprint density at radius 1 is 1.14 bits per heavy atom. The Hall–Kier alpha value is -2.77. The first kappa shape index (κ1) is 15.6. The van der Waals surface area contributed by atoms with Crippen LogP contribution in [-0.2, 0) is 0 Å². The van der Waals surface area contributed by atoms with Crippen LogP contribution in [0.15, 0.2) is 22.7 Å². The third-order valence-corrected chi connectivity index (χ3v) is 3.73. The molecule has 6 nitrogen and oxygen atoms in total. The number of benzene rings is 1. The third-order valence-electron chi connectivity index (χ3n) is 3.11. The number of nitriles is 2. The highest BCUT2D eigenvalue weighted by Crippen LogP contribution is 2.36. The molecule has 7 heteroatoms. The number of nitrogens with one attached hydrogen (secondary N) is 1. The second-order valence-electron chi connectivity index (χ2n) is 4.27. The minimum absolute atomic E-state index is 0.139. The van der Waals surface area contributed by atoms with Crippen molar-refractivity contribution in [3.63, 3.8) is 0 Å². The molecule has 0 spiro atoms. The molecule has 0 amide bonds. The van der Waals surface area contributed by atoms with Crippen LogP contribution < -0.4 is 20.2 Å². The summed E-state index contributed by atoms with van der Waals surface area (Å²) in [6, 6.07) is 9.33. The molecule has 0 radical (unpaired) electrons. The Labute approximate surface area is 135 Å². The Balaban J connectivity index is 2.84. The van der Waals surface area contributed by atoms with Crippen molar-refractivity contribution in [1.82, 2.24) is 0 Å². The van der Waals surface area contributed by atoms with E-state index < -0.39 is 0 Å². The number of methoxy groups -OCH3 is 2. The van der Waals surface area contributed by atoms with Crippen LogP contribution in [0.5, 0.6) is 11.6 Å². The minimum Gasteiger partial charge on any atom is -0.496 e. The quantitative estimate of drug-likeness (QED) is 0.904. The summed E-state index contributed by atoms with van der Waals surface area (Å²) in [5, 5.41) is 18.8. The number of pyridine rings is 1. The lowest BCUT2D eigenvalue weighted by Gasteiger charge is -2.11. The maximum atomic E-state index is 9.44. The van der Waals surface area contributed by atoms with Gasteiger partial charge in [-0.1, -0.05) is 6.07 Å². The van der Waals surface area contributed by atoms with E-state index in [0.717, 1.165) is 0 Å². The lowest BCUT2D eigenvalue weighted by molar-refractivity contribution is -0.376. The molecule has 22 heavy (non-hydrogen) atoms. The fraction of sp³-hybridized carbons (Fsp3) is 0.133. The highest BCUT2D eigenvalue weighted by Gasteiger charge is 2.24. The summed E-state index contributed by atoms with van der Waals surface area (Å²) in [6.45, 7) is 0. The van der Waals surface area contributed by atoms with Crippen LogP contribution in [0.4, 0.5) is 5.82 Å². The molecular weight excluding hydrogens is 348 g/mol. The van der Waals surface area contributed by atoms with E-state index >= 15 is 0 Å². The van der Waals surface area contributed by atoms with Crippen molar-refractivity contribution < 1.29 is 14.5 Å². The van der Waals surface area contributed by atoms with Crippen molar-refractivity contribution in [2.75, 3.05) is 20.0 Å². The van der Waals surface area contributed by atoms with Gasteiger partial charge >= 0.3 is 5.88 Å². The average molecular weight is 360 g/mol. The molecule has 1 aromatic carbocycles. The van der Waals surface area contributed by atoms with Gasteiger partial charge in [0.15, 0.2) is 5.56 Å². The van der Waals surface area contributed by atoms with Crippen LogP contribution in [0.2, 0.25) is 0 Å². The Morgan fingerprint density at radius 3 is 2.32 bits per heavy atom. The molecule has 0 unspecified atom stereocenters. The minimum atomic E-state index is 0.139. The average Bonchev–Trinajstić information content (AvgIpc) is 2.53. The first-order chi connectivity index (χ1) is 10.6. The van der Waals surface area contributed by atoms with Gasteiger partial charge in [0.2, 0.25) is 0 Å². The van der Waals surface area contributed by atoms with Crippen LogP contribution in [0.25, 0.3) is 11.1 Å². The van der Waals surface area contributed by atoms with Crippen molar-refractivity contribution in [2.45, 2.75) is 0 Å². The number of H-pyrrole nitrogens is 1. The van der Waals surface area contributed by atoms with E-state index in [9.17, 15) is 10.5 Å². The molecule has 0 aliphatic rings. The molecule has 110 valence electrons. The predicted molar refractivity (Wildman–Crippen MR) is 83.1 cm³/mol. The van der Waals surface area contributed by atoms with Gasteiger partial charge in [-0.05, 0) is 33.6 Å². The summed E-state index contributed by atoms with van der Waals surface area (Å²) in [7, 11) is 2.98. The zero-order valence-electron chi connectivity index (χ0n) is 11.9. The number of halogens is 1. The fourth-order valence-electron chi connectivity index (χ4n) is 2.11. The molecule has 0 bridgehead atoms. The van der Waals surface area contributed by atoms with Gasteiger partial charge in [0, 0.05) is 5.56 Å². The molecule has 0 atom stereocenters. The SMILES string of the molecule is COc1ccc(-c2c(C#N)c(N)[nH+]c(OC)c2C#N)cc1Br. The summed E-state index contributed by atoms with van der Waals surface area (Å²) in [5.41, 5.74) is 7.33. The topological polar surface area (TPSA) is 106 Å². The van der Waals surface area contributed by atoms with Gasteiger partial charge in [-0.25, -0.2) is 4.98 Å². The monoisotopic (exact) mass is 359 g/mol. The zero-order valence-corrected chi connectivity index (χ0v) is 13.5. The van der Waals surface area contributed by atoms with Crippen LogP contribution in [-0.4, -0.2) is 14.2 Å². The summed E-state index contributed by atoms with van der Waals surface area (Å²) in [6.07, 6.45) is 0. The standard InChI is InChI=1S/C15H11BrN4O2/c1-21-12-4-3-8(5-11(12)16)13-9(6-17)14(19)20-15(22-2)10(13)7-18/h3-5H,1-2H3,(H2,19,20)/p+1. The number of nitrogens with two attached hydrogens (primary N) is 1. The molecule has 0 aliphatic carbocycles. The van der Waals surface area contributed by atoms with Gasteiger partial charge < -0.3 is 9.47 Å². The number of nitrogen functional groups attached to an aromatic ring is 1. The van der Waals surface area contributed by atoms with E-state index in [1.54, 1.807) is 25.3 Å². The van der Waals surface area contributed by atoms with Gasteiger partial charge in [-0.2, -0.15) is 10.5 Å². The number of aromatic nitrogens is 1. The molecular formula is C15H12BrN4O2+. The predicted octanol–water partition coefficient (Wildman–Crippen LogP) is 2.27. The van der Waals surface area contributed by atoms with E-state index in [-0.39, 0.29) is 22.8 Å². The molecule has 2 aromatic rings. The number of rotatable bonds is 3. The number of aromatic amines is 1. The maximum absolute atomic E-state index is 9.44. The van der Waals surface area contributed by atoms with Gasteiger partial charge in [-0.15, -0.1) is 0 Å². The molecule has 0 saturated heterocycles. The Morgan fingerprint density at radius 2 is 1.82 bits per heavy atom. The number of hydrogen-bond acceptors (Lipinski definition) is 5. The number of anilines is 1. The van der Waals surface area contributed by atoms with E-state index in [2.05, 4.69) is 27.0 Å². The second-order valence-corrected chi connectivity index (χ2v) is 5.12. The Bertz CT molecular complexity index is 822. The highest BCUT2D eigenvalue weighted by molar-refractivity contribution is 9.10. The first-order valence-corrected chi connectivity index (χ1v) is 6.93. The van der Waals surface area contributed by atoms with Gasteiger partial charge in [0.25, 0.3) is 5.82 Å². The number of ether oxygens (including phenoxy) is 2. The third kappa shape index (κ3) is 2.54. The first-order valence-electron chi connectivity index (χ1n) is 6.14. The highest BCUT2D eigenvalue weighted by atomic mass is 79.9. The van der Waals surface area contributed by atoms with Crippen molar-refractivity contribution in [3.8, 4) is 34.9 Å². The van der Waals surface area contributed by atoms with Crippen LogP contribution in [0, 0.1) is 22.7 Å². The Kier molecular flexibility index (Phi) is 4.50. The second kappa shape index (κ2) is 6.33. The molecule has 1 aromatic heterocycles. The number of nitrogens with zero attached hydrogens (tertiary/aromatic N) is 2. The van der Waals surface area contributed by atoms with E-state index in [4.69, 9.17) is 15.2 Å². The van der Waals surface area contributed by atoms with E-state index in [1.165, 1.54) is 7.11 Å². The largest absolute Gasteiger partial charge is 0.496 e. The van der Waals surface area contributed by atoms with Crippen molar-refractivity contribution in [3.05, 3.63) is 33.8 Å². The summed E-state index contributed by atoms with van der Waals surface area (Å²) in [4.78, 5) is 2.72. The fourth-order valence-corrected chi connectivity index (χ4v) is 2.65. The van der Waals surface area contributed by atoms with Crippen molar-refractivity contribution >= 4 is 21.7 Å². The zero-order chi connectivity index (χ0) is 16.3. The van der Waals surface area contributed by atoms with Crippen molar-refractivity contribution in [2.24, 2.45) is 0 Å².